The highest BCUT2D eigenvalue weighted by Crippen LogP contribution is 2.33. The van der Waals surface area contributed by atoms with Crippen LogP contribution in [0.25, 0.3) is 0 Å². The lowest BCUT2D eigenvalue weighted by atomic mass is 9.89. The minimum absolute atomic E-state index is 0.180. The Morgan fingerprint density at radius 1 is 1.30 bits per heavy atom. The van der Waals surface area contributed by atoms with E-state index in [9.17, 15) is 27.2 Å². The van der Waals surface area contributed by atoms with Crippen LogP contribution < -0.4 is 0 Å². The number of piperidine rings is 1. The van der Waals surface area contributed by atoms with Gasteiger partial charge in [0.25, 0.3) is 5.91 Å². The molecule has 0 saturated carbocycles. The Balaban J connectivity index is 2.36. The number of benzene rings is 1. The molecule has 4 nitrogen and oxygen atoms in total. The number of hydrogen-bond acceptors (Lipinski definition) is 2. The van der Waals surface area contributed by atoms with E-state index in [1.54, 1.807) is 0 Å². The van der Waals surface area contributed by atoms with Gasteiger partial charge in [-0.05, 0) is 31.9 Å². The molecule has 0 aliphatic carbocycles. The van der Waals surface area contributed by atoms with Crippen molar-refractivity contribution in [2.24, 2.45) is 5.92 Å². The van der Waals surface area contributed by atoms with Crippen molar-refractivity contribution in [1.82, 2.24) is 4.90 Å². The highest BCUT2D eigenvalue weighted by Gasteiger charge is 2.39. The quantitative estimate of drug-likeness (QED) is 0.846. The third-order valence-corrected chi connectivity index (χ3v) is 4.10. The van der Waals surface area contributed by atoms with Crippen molar-refractivity contribution in [2.45, 2.75) is 32.0 Å². The van der Waals surface area contributed by atoms with Gasteiger partial charge in [0.15, 0.2) is 0 Å². The first kappa shape index (κ1) is 17.2. The number of nitrogens with zero attached hydrogens (tertiary/aromatic N) is 1. The molecule has 1 aliphatic heterocycles. The van der Waals surface area contributed by atoms with Crippen LogP contribution >= 0.6 is 0 Å². The van der Waals surface area contributed by atoms with E-state index in [1.165, 1.54) is 6.92 Å². The molecular weight excluding hydrogens is 318 g/mol. The lowest BCUT2D eigenvalue weighted by Crippen LogP contribution is -2.49. The average Bonchev–Trinajstić information content (AvgIpc) is 2.45. The van der Waals surface area contributed by atoms with Gasteiger partial charge in [0, 0.05) is 12.6 Å². The molecule has 0 aromatic heterocycles. The van der Waals surface area contributed by atoms with Crippen LogP contribution in [-0.4, -0.2) is 34.5 Å². The summed E-state index contributed by atoms with van der Waals surface area (Å²) in [7, 11) is 0. The van der Waals surface area contributed by atoms with E-state index in [4.69, 9.17) is 5.11 Å². The maximum absolute atomic E-state index is 14.1. The molecular formula is C15H15F4NO3. The molecule has 1 aromatic rings. The second-order valence-electron chi connectivity index (χ2n) is 5.49. The molecule has 1 N–H and O–H groups in total. The van der Waals surface area contributed by atoms with E-state index < -0.39 is 47.0 Å². The van der Waals surface area contributed by atoms with Gasteiger partial charge in [-0.3, -0.25) is 9.59 Å². The van der Waals surface area contributed by atoms with Crippen LogP contribution in [0.1, 0.15) is 35.7 Å². The summed E-state index contributed by atoms with van der Waals surface area (Å²) < 4.78 is 52.3. The maximum Gasteiger partial charge on any atom is 0.419 e. The summed E-state index contributed by atoms with van der Waals surface area (Å²) in [5.41, 5.74) is -2.21. The number of likely N-dealkylation sites (tertiary alicyclic amines) is 1. The van der Waals surface area contributed by atoms with E-state index in [2.05, 4.69) is 0 Å². The summed E-state index contributed by atoms with van der Waals surface area (Å²) >= 11 is 0. The molecule has 1 aliphatic rings. The number of aliphatic carboxylic acids is 1. The molecule has 23 heavy (non-hydrogen) atoms. The monoisotopic (exact) mass is 333 g/mol. The molecule has 0 spiro atoms. The number of halogens is 4. The predicted octanol–water partition coefficient (Wildman–Crippen LogP) is 3.17. The maximum atomic E-state index is 14.1. The topological polar surface area (TPSA) is 57.6 Å². The first-order chi connectivity index (χ1) is 10.6. The van der Waals surface area contributed by atoms with Crippen LogP contribution in [0.15, 0.2) is 18.2 Å². The molecule has 126 valence electrons. The van der Waals surface area contributed by atoms with Crippen molar-refractivity contribution in [1.29, 1.82) is 0 Å². The zero-order valence-corrected chi connectivity index (χ0v) is 12.2. The van der Waals surface area contributed by atoms with Crippen LogP contribution in [0.5, 0.6) is 0 Å². The third-order valence-electron chi connectivity index (χ3n) is 4.10. The fourth-order valence-electron chi connectivity index (χ4n) is 2.83. The molecule has 8 heteroatoms. The number of amides is 1. The largest absolute Gasteiger partial charge is 0.481 e. The lowest BCUT2D eigenvalue weighted by molar-refractivity contribution is -0.145. The zero-order chi connectivity index (χ0) is 17.4. The predicted molar refractivity (Wildman–Crippen MR) is 72.3 cm³/mol. The smallest absolute Gasteiger partial charge is 0.419 e. The SMILES string of the molecule is C[C@@H]1[C@H](C(=O)O)CCCN1C(=O)c1cccc(C(F)(F)F)c1F. The summed E-state index contributed by atoms with van der Waals surface area (Å²) in [6, 6.07) is 1.78. The molecule has 2 rings (SSSR count). The second kappa shape index (κ2) is 6.17. The number of carbonyl (C=O) groups excluding carboxylic acids is 1. The fourth-order valence-corrected chi connectivity index (χ4v) is 2.83. The lowest BCUT2D eigenvalue weighted by Gasteiger charge is -2.37. The van der Waals surface area contributed by atoms with Crippen LogP contribution in [0.3, 0.4) is 0 Å². The molecule has 1 aromatic carbocycles. The van der Waals surface area contributed by atoms with Crippen LogP contribution in [0.2, 0.25) is 0 Å². The second-order valence-corrected chi connectivity index (χ2v) is 5.49. The van der Waals surface area contributed by atoms with E-state index in [1.807, 2.05) is 0 Å². The number of carboxylic acids is 1. The molecule has 0 bridgehead atoms. The van der Waals surface area contributed by atoms with Gasteiger partial charge in [-0.2, -0.15) is 13.2 Å². The Kier molecular flexibility index (Phi) is 4.63. The normalized spacial score (nSPS) is 22.0. The van der Waals surface area contributed by atoms with E-state index in [-0.39, 0.29) is 6.54 Å². The zero-order valence-electron chi connectivity index (χ0n) is 12.2. The minimum atomic E-state index is -4.91. The van der Waals surface area contributed by atoms with Gasteiger partial charge < -0.3 is 10.0 Å². The van der Waals surface area contributed by atoms with Crippen molar-refractivity contribution in [2.75, 3.05) is 6.54 Å². The number of rotatable bonds is 2. The standard InChI is InChI=1S/C15H15F4NO3/c1-8-9(14(22)23)5-3-7-20(8)13(21)10-4-2-6-11(12(10)16)15(17,18)19/h2,4,6,8-9H,3,5,7H2,1H3,(H,22,23)/t8-,9-/m1/s1. The van der Waals surface area contributed by atoms with Crippen LogP contribution in [0, 0.1) is 11.7 Å². The van der Waals surface area contributed by atoms with Gasteiger partial charge in [-0.15, -0.1) is 0 Å². The van der Waals surface area contributed by atoms with Crippen molar-refractivity contribution in [3.8, 4) is 0 Å². The fraction of sp³-hybridized carbons (Fsp3) is 0.467. The average molecular weight is 333 g/mol. The van der Waals surface area contributed by atoms with Gasteiger partial charge in [0.1, 0.15) is 5.82 Å². The Labute approximate surface area is 129 Å². The van der Waals surface area contributed by atoms with Gasteiger partial charge in [-0.1, -0.05) is 6.07 Å². The summed E-state index contributed by atoms with van der Waals surface area (Å²) in [6.45, 7) is 1.68. The molecule has 0 radical (unpaired) electrons. The molecule has 1 fully saturated rings. The number of carboxylic acid groups (broad SMARTS) is 1. The van der Waals surface area contributed by atoms with Gasteiger partial charge in [-0.25, -0.2) is 4.39 Å². The summed E-state index contributed by atoms with van der Waals surface area (Å²) in [6.07, 6.45) is -4.14. The van der Waals surface area contributed by atoms with Crippen molar-refractivity contribution in [3.63, 3.8) is 0 Å². The van der Waals surface area contributed by atoms with E-state index >= 15 is 0 Å². The summed E-state index contributed by atoms with van der Waals surface area (Å²) in [4.78, 5) is 24.7. The van der Waals surface area contributed by atoms with E-state index in [0.29, 0.717) is 18.9 Å². The van der Waals surface area contributed by atoms with E-state index in [0.717, 1.165) is 17.0 Å². The van der Waals surface area contributed by atoms with Gasteiger partial charge in [0.2, 0.25) is 0 Å². The number of carbonyl (C=O) groups is 2. The molecule has 2 atom stereocenters. The van der Waals surface area contributed by atoms with Crippen molar-refractivity contribution < 1.29 is 32.3 Å². The number of hydrogen-bond donors (Lipinski definition) is 1. The highest BCUT2D eigenvalue weighted by atomic mass is 19.4. The van der Waals surface area contributed by atoms with Gasteiger partial charge >= 0.3 is 12.1 Å². The first-order valence-electron chi connectivity index (χ1n) is 7.04. The number of alkyl halides is 3. The van der Waals surface area contributed by atoms with Crippen molar-refractivity contribution in [3.05, 3.63) is 35.1 Å². The Morgan fingerprint density at radius 3 is 2.52 bits per heavy atom. The van der Waals surface area contributed by atoms with Crippen molar-refractivity contribution >= 4 is 11.9 Å². The minimum Gasteiger partial charge on any atom is -0.481 e. The molecule has 1 amide bonds. The molecule has 0 unspecified atom stereocenters. The van der Waals surface area contributed by atoms with Crippen LogP contribution in [-0.2, 0) is 11.0 Å². The molecule has 1 heterocycles. The van der Waals surface area contributed by atoms with Gasteiger partial charge in [0.05, 0.1) is 17.0 Å². The highest BCUT2D eigenvalue weighted by molar-refractivity contribution is 5.95. The summed E-state index contributed by atoms with van der Waals surface area (Å²) in [5.74, 6) is -4.46. The Hall–Kier alpha value is -2.12. The Morgan fingerprint density at radius 2 is 1.96 bits per heavy atom. The first-order valence-corrected chi connectivity index (χ1v) is 7.04. The summed E-state index contributed by atoms with van der Waals surface area (Å²) in [5, 5.41) is 9.12. The Bertz CT molecular complexity index is 630. The molecule has 1 saturated heterocycles. The third kappa shape index (κ3) is 3.30. The van der Waals surface area contributed by atoms with Crippen LogP contribution in [0.4, 0.5) is 17.6 Å².